The third-order valence-electron chi connectivity index (χ3n) is 6.96. The van der Waals surface area contributed by atoms with Gasteiger partial charge in [0.25, 0.3) is 0 Å². The highest BCUT2D eigenvalue weighted by Crippen LogP contribution is 2.42. The second-order valence-electron chi connectivity index (χ2n) is 9.66. The number of amidine groups is 1. The number of ether oxygens (including phenoxy) is 1. The van der Waals surface area contributed by atoms with Gasteiger partial charge in [0.1, 0.15) is 17.6 Å². The monoisotopic (exact) mass is 546 g/mol. The highest BCUT2D eigenvalue weighted by Gasteiger charge is 2.25. The van der Waals surface area contributed by atoms with Crippen LogP contribution < -0.4 is 5.32 Å². The molecule has 0 unspecified atom stereocenters. The molecule has 0 radical (unpaired) electrons. The van der Waals surface area contributed by atoms with Crippen molar-refractivity contribution < 1.29 is 19.7 Å². The second-order valence-corrected chi connectivity index (χ2v) is 10.7. The van der Waals surface area contributed by atoms with Gasteiger partial charge in [0, 0.05) is 54.6 Å². The molecule has 1 saturated heterocycles. The zero-order valence-corrected chi connectivity index (χ0v) is 22.6. The summed E-state index contributed by atoms with van der Waals surface area (Å²) in [5.41, 5.74) is 3.00. The van der Waals surface area contributed by atoms with E-state index in [1.165, 1.54) is 0 Å². The first kappa shape index (κ1) is 27.2. The SMILES string of the molecule is O=C(O)[C@H](Cc1ccccc1)NCCOCCN1CCN(C2=Nc3ccc(O)cc3Sc3ccccc32)CC1. The average molecular weight is 547 g/mol. The van der Waals surface area contributed by atoms with Crippen LogP contribution in [0, 0.1) is 0 Å². The number of piperazine rings is 1. The van der Waals surface area contributed by atoms with Gasteiger partial charge in [-0.1, -0.05) is 60.3 Å². The van der Waals surface area contributed by atoms with Gasteiger partial charge >= 0.3 is 5.97 Å². The summed E-state index contributed by atoms with van der Waals surface area (Å²) in [7, 11) is 0. The molecule has 1 atom stereocenters. The zero-order valence-electron chi connectivity index (χ0n) is 21.8. The molecule has 0 aliphatic carbocycles. The van der Waals surface area contributed by atoms with Crippen molar-refractivity contribution in [1.29, 1.82) is 0 Å². The third-order valence-corrected chi connectivity index (χ3v) is 8.08. The minimum Gasteiger partial charge on any atom is -0.508 e. The van der Waals surface area contributed by atoms with E-state index in [9.17, 15) is 15.0 Å². The molecule has 5 rings (SSSR count). The van der Waals surface area contributed by atoms with Crippen molar-refractivity contribution in [3.05, 3.63) is 83.9 Å². The number of aliphatic imine (C=N–C) groups is 1. The molecule has 2 aliphatic heterocycles. The van der Waals surface area contributed by atoms with Crippen molar-refractivity contribution in [3.63, 3.8) is 0 Å². The molecule has 8 nitrogen and oxygen atoms in total. The molecule has 2 aliphatic rings. The Morgan fingerprint density at radius 3 is 2.54 bits per heavy atom. The Morgan fingerprint density at radius 1 is 0.974 bits per heavy atom. The van der Waals surface area contributed by atoms with E-state index in [0.29, 0.717) is 26.2 Å². The van der Waals surface area contributed by atoms with E-state index in [4.69, 9.17) is 9.73 Å². The molecule has 1 fully saturated rings. The van der Waals surface area contributed by atoms with E-state index in [1.807, 2.05) is 48.5 Å². The minimum absolute atomic E-state index is 0.248. The van der Waals surface area contributed by atoms with E-state index in [-0.39, 0.29) is 5.75 Å². The predicted molar refractivity (Wildman–Crippen MR) is 153 cm³/mol. The van der Waals surface area contributed by atoms with Crippen LogP contribution in [0.25, 0.3) is 0 Å². The number of rotatable bonds is 10. The molecule has 39 heavy (non-hydrogen) atoms. The van der Waals surface area contributed by atoms with E-state index < -0.39 is 12.0 Å². The van der Waals surface area contributed by atoms with Crippen LogP contribution >= 0.6 is 11.8 Å². The summed E-state index contributed by atoms with van der Waals surface area (Å²) in [6.45, 7) is 5.97. The number of carbonyl (C=O) groups is 1. The van der Waals surface area contributed by atoms with Crippen LogP contribution in [-0.2, 0) is 16.0 Å². The molecule has 0 amide bonds. The zero-order chi connectivity index (χ0) is 27.0. The highest BCUT2D eigenvalue weighted by atomic mass is 32.2. The first-order chi connectivity index (χ1) is 19.1. The number of hydrogen-bond donors (Lipinski definition) is 3. The number of phenols is 1. The molecule has 0 bridgehead atoms. The molecule has 0 spiro atoms. The lowest BCUT2D eigenvalue weighted by atomic mass is 10.1. The van der Waals surface area contributed by atoms with Crippen molar-refractivity contribution in [2.24, 2.45) is 4.99 Å². The maximum Gasteiger partial charge on any atom is 0.321 e. The average Bonchev–Trinajstić information content (AvgIpc) is 3.11. The molecule has 0 saturated carbocycles. The van der Waals surface area contributed by atoms with Crippen LogP contribution in [0.15, 0.2) is 87.6 Å². The Hall–Kier alpha value is -3.37. The Morgan fingerprint density at radius 2 is 1.74 bits per heavy atom. The Bertz CT molecular complexity index is 1300. The first-order valence-corrected chi connectivity index (χ1v) is 14.1. The van der Waals surface area contributed by atoms with Crippen LogP contribution in [0.4, 0.5) is 5.69 Å². The largest absolute Gasteiger partial charge is 0.508 e. The number of aliphatic carboxylic acids is 1. The molecule has 204 valence electrons. The summed E-state index contributed by atoms with van der Waals surface area (Å²) in [6.07, 6.45) is 0.447. The summed E-state index contributed by atoms with van der Waals surface area (Å²) in [6, 6.07) is 22.7. The Balaban J connectivity index is 1.08. The summed E-state index contributed by atoms with van der Waals surface area (Å²) < 4.78 is 5.81. The van der Waals surface area contributed by atoms with E-state index in [2.05, 4.69) is 27.2 Å². The minimum atomic E-state index is -0.849. The fraction of sp³-hybridized carbons (Fsp3) is 0.333. The summed E-state index contributed by atoms with van der Waals surface area (Å²) in [4.78, 5) is 23.5. The van der Waals surface area contributed by atoms with Crippen molar-refractivity contribution in [2.45, 2.75) is 22.3 Å². The van der Waals surface area contributed by atoms with Gasteiger partial charge in [-0.25, -0.2) is 4.99 Å². The number of benzene rings is 3. The first-order valence-electron chi connectivity index (χ1n) is 13.3. The fourth-order valence-electron chi connectivity index (χ4n) is 4.83. The molecule has 2 heterocycles. The van der Waals surface area contributed by atoms with Gasteiger partial charge in [0.05, 0.1) is 18.9 Å². The number of fused-ring (bicyclic) bond motifs is 2. The van der Waals surface area contributed by atoms with Gasteiger partial charge < -0.3 is 25.2 Å². The predicted octanol–water partition coefficient (Wildman–Crippen LogP) is 3.85. The third kappa shape index (κ3) is 7.19. The Labute approximate surface area is 233 Å². The van der Waals surface area contributed by atoms with Gasteiger partial charge in [-0.2, -0.15) is 0 Å². The molecule has 3 aromatic rings. The maximum absolute atomic E-state index is 11.6. The van der Waals surface area contributed by atoms with Crippen LogP contribution in [0.5, 0.6) is 5.75 Å². The summed E-state index contributed by atoms with van der Waals surface area (Å²) in [5, 5.41) is 22.6. The van der Waals surface area contributed by atoms with Gasteiger partial charge in [0.2, 0.25) is 0 Å². The van der Waals surface area contributed by atoms with Crippen molar-refractivity contribution >= 4 is 29.3 Å². The van der Waals surface area contributed by atoms with E-state index in [1.54, 1.807) is 23.9 Å². The smallest absolute Gasteiger partial charge is 0.321 e. The van der Waals surface area contributed by atoms with E-state index in [0.717, 1.165) is 65.2 Å². The van der Waals surface area contributed by atoms with Crippen LogP contribution in [-0.4, -0.2) is 90.3 Å². The maximum atomic E-state index is 11.6. The number of phenolic OH excluding ortho intramolecular Hbond substituents is 1. The number of hydrogen-bond acceptors (Lipinski definition) is 8. The molecule has 0 aromatic heterocycles. The summed E-state index contributed by atoms with van der Waals surface area (Å²) >= 11 is 1.64. The van der Waals surface area contributed by atoms with Crippen LogP contribution in [0.3, 0.4) is 0 Å². The van der Waals surface area contributed by atoms with Crippen molar-refractivity contribution in [3.8, 4) is 5.75 Å². The van der Waals surface area contributed by atoms with Crippen molar-refractivity contribution in [2.75, 3.05) is 52.5 Å². The standard InChI is InChI=1S/C30H34N4O4S/c35-23-10-11-25-28(21-23)39-27-9-5-4-8-24(27)29(32-25)34-15-13-33(14-16-34)17-19-38-18-12-31-26(30(36)37)20-22-6-2-1-3-7-22/h1-11,21,26,31,35H,12-20H2,(H,36,37)/t26-/m0/s1. The number of nitrogens with zero attached hydrogens (tertiary/aromatic N) is 3. The van der Waals surface area contributed by atoms with Crippen LogP contribution in [0.1, 0.15) is 11.1 Å². The van der Waals surface area contributed by atoms with Gasteiger partial charge in [0.15, 0.2) is 0 Å². The second kappa shape index (κ2) is 13.1. The van der Waals surface area contributed by atoms with Gasteiger partial charge in [-0.15, -0.1) is 0 Å². The highest BCUT2D eigenvalue weighted by molar-refractivity contribution is 7.99. The van der Waals surface area contributed by atoms with Gasteiger partial charge in [-0.3, -0.25) is 9.69 Å². The topological polar surface area (TPSA) is 97.6 Å². The quantitative estimate of drug-likeness (QED) is 0.330. The van der Waals surface area contributed by atoms with E-state index >= 15 is 0 Å². The number of carboxylic acids is 1. The lowest BCUT2D eigenvalue weighted by Gasteiger charge is -2.36. The molecular formula is C30H34N4O4S. The van der Waals surface area contributed by atoms with Gasteiger partial charge in [-0.05, 0) is 36.2 Å². The number of carboxylic acid groups (broad SMARTS) is 1. The Kier molecular flexibility index (Phi) is 9.15. The lowest BCUT2D eigenvalue weighted by Crippen LogP contribution is -2.49. The number of nitrogens with one attached hydrogen (secondary N) is 1. The van der Waals surface area contributed by atoms with Crippen molar-refractivity contribution in [1.82, 2.24) is 15.1 Å². The fourth-order valence-corrected chi connectivity index (χ4v) is 5.88. The normalized spacial score (nSPS) is 16.1. The lowest BCUT2D eigenvalue weighted by molar-refractivity contribution is -0.139. The number of aromatic hydroxyl groups is 1. The van der Waals surface area contributed by atoms with Crippen LogP contribution in [0.2, 0.25) is 0 Å². The molecule has 9 heteroatoms. The molecular weight excluding hydrogens is 512 g/mol. The molecule has 3 N–H and O–H groups in total. The summed E-state index contributed by atoms with van der Waals surface area (Å²) in [5.74, 6) is 0.378. The molecule has 3 aromatic carbocycles.